The van der Waals surface area contributed by atoms with Crippen LogP contribution in [0.25, 0.3) is 0 Å². The van der Waals surface area contributed by atoms with E-state index >= 15 is 0 Å². The first-order chi connectivity index (χ1) is 19.7. The summed E-state index contributed by atoms with van der Waals surface area (Å²) < 4.78 is 0. The number of hydrogen-bond donors (Lipinski definition) is 2. The van der Waals surface area contributed by atoms with Crippen LogP contribution >= 0.6 is 24.0 Å². The van der Waals surface area contributed by atoms with Crippen LogP contribution in [0.15, 0.2) is 89.3 Å². The van der Waals surface area contributed by atoms with E-state index in [9.17, 15) is 0 Å². The van der Waals surface area contributed by atoms with Crippen LogP contribution in [-0.4, -0.2) is 38.1 Å². The Balaban J connectivity index is 1.21. The van der Waals surface area contributed by atoms with Crippen molar-refractivity contribution < 1.29 is 0 Å². The summed E-state index contributed by atoms with van der Waals surface area (Å²) in [6, 6.07) is 23.3. The molecule has 4 aromatic rings. The first kappa shape index (κ1) is 26.7. The molecule has 7 nitrogen and oxygen atoms in total. The maximum absolute atomic E-state index is 5.78. The number of hydrogen-bond acceptors (Lipinski definition) is 7. The van der Waals surface area contributed by atoms with E-state index < -0.39 is 0 Å². The second-order valence-electron chi connectivity index (χ2n) is 10.5. The third-order valence-corrected chi connectivity index (χ3v) is 8.95. The molecule has 9 heteroatoms. The van der Waals surface area contributed by atoms with E-state index in [2.05, 4.69) is 80.1 Å². The summed E-state index contributed by atoms with van der Waals surface area (Å²) >= 11 is 7.20. The highest BCUT2D eigenvalue weighted by Gasteiger charge is 2.33. The third-order valence-electron chi connectivity index (χ3n) is 7.89. The van der Waals surface area contributed by atoms with E-state index in [1.165, 1.54) is 47.7 Å². The van der Waals surface area contributed by atoms with Crippen LogP contribution in [0.3, 0.4) is 0 Å². The van der Waals surface area contributed by atoms with Crippen molar-refractivity contribution in [1.82, 2.24) is 25.3 Å². The fourth-order valence-corrected chi connectivity index (χ4v) is 6.66. The molecule has 1 aliphatic carbocycles. The molecule has 0 amide bonds. The zero-order chi connectivity index (χ0) is 27.2. The predicted octanol–water partition coefficient (Wildman–Crippen LogP) is 6.17. The highest BCUT2D eigenvalue weighted by atomic mass is 32.2. The number of thiocarbonyl (C=S) groups is 1. The maximum atomic E-state index is 5.78. The summed E-state index contributed by atoms with van der Waals surface area (Å²) in [6.07, 6.45) is 10.6. The van der Waals surface area contributed by atoms with E-state index in [1.54, 1.807) is 12.4 Å². The van der Waals surface area contributed by atoms with E-state index in [4.69, 9.17) is 22.2 Å². The Morgan fingerprint density at radius 3 is 2.45 bits per heavy atom. The van der Waals surface area contributed by atoms with Crippen molar-refractivity contribution in [2.24, 2.45) is 0 Å². The van der Waals surface area contributed by atoms with Gasteiger partial charge in [0.15, 0.2) is 10.3 Å². The largest absolute Gasteiger partial charge is 0.361 e. The molecule has 0 bridgehead atoms. The SMILES string of the molecule is S=C(NCC1(c2ccccc2)CCCCC1)Nc1nc(Sc2ncccn2)cc(N2CCc3ccccc3C2)n1. The minimum atomic E-state index is 0.0841. The van der Waals surface area contributed by atoms with Gasteiger partial charge in [0.2, 0.25) is 5.95 Å². The summed E-state index contributed by atoms with van der Waals surface area (Å²) in [5, 5.41) is 8.76. The van der Waals surface area contributed by atoms with Gasteiger partial charge in [-0.05, 0) is 66.0 Å². The summed E-state index contributed by atoms with van der Waals surface area (Å²) in [5.74, 6) is 1.34. The zero-order valence-corrected chi connectivity index (χ0v) is 24.1. The molecule has 0 radical (unpaired) electrons. The molecule has 2 aliphatic rings. The topological polar surface area (TPSA) is 78.9 Å². The lowest BCUT2D eigenvalue weighted by atomic mass is 9.69. The van der Waals surface area contributed by atoms with Gasteiger partial charge in [0.25, 0.3) is 0 Å². The number of aromatic nitrogens is 4. The van der Waals surface area contributed by atoms with Crippen molar-refractivity contribution in [3.63, 3.8) is 0 Å². The molecule has 1 aliphatic heterocycles. The van der Waals surface area contributed by atoms with Gasteiger partial charge in [-0.2, -0.15) is 4.98 Å². The molecule has 0 atom stereocenters. The Kier molecular flexibility index (Phi) is 8.20. The number of rotatable bonds is 7. The highest BCUT2D eigenvalue weighted by Crippen LogP contribution is 2.39. The fourth-order valence-electron chi connectivity index (χ4n) is 5.79. The van der Waals surface area contributed by atoms with Gasteiger partial charge in [-0.1, -0.05) is 73.9 Å². The van der Waals surface area contributed by atoms with Crippen LogP contribution in [0.5, 0.6) is 0 Å². The minimum Gasteiger partial charge on any atom is -0.361 e. The normalized spacial score (nSPS) is 16.1. The average Bonchev–Trinajstić information content (AvgIpc) is 3.01. The van der Waals surface area contributed by atoms with Crippen LogP contribution in [0, 0.1) is 0 Å². The van der Waals surface area contributed by atoms with Gasteiger partial charge < -0.3 is 15.5 Å². The standard InChI is InChI=1S/C31H33N7S2/c39-29(34-22-31(15-7-2-8-16-31)25-12-3-1-4-13-25)37-28-35-26(20-27(36-28)40-30-32-17-9-18-33-30)38-19-14-23-10-5-6-11-24(23)21-38/h1,3-6,9-13,17-18,20H,2,7-8,14-16,19,21-22H2,(H2,34,35,36,37,39). The first-order valence-electron chi connectivity index (χ1n) is 13.9. The van der Waals surface area contributed by atoms with E-state index in [-0.39, 0.29) is 5.41 Å². The predicted molar refractivity (Wildman–Crippen MR) is 165 cm³/mol. The molecule has 0 unspecified atom stereocenters. The van der Waals surface area contributed by atoms with Crippen molar-refractivity contribution in [3.05, 3.63) is 95.8 Å². The summed E-state index contributed by atoms with van der Waals surface area (Å²) in [7, 11) is 0. The molecule has 6 rings (SSSR count). The number of anilines is 2. The molecular formula is C31H33N7S2. The zero-order valence-electron chi connectivity index (χ0n) is 22.4. The summed E-state index contributed by atoms with van der Waals surface area (Å²) in [4.78, 5) is 20.7. The van der Waals surface area contributed by atoms with E-state index in [0.29, 0.717) is 16.2 Å². The number of nitrogens with zero attached hydrogens (tertiary/aromatic N) is 5. The van der Waals surface area contributed by atoms with Crippen molar-refractivity contribution in [2.45, 2.75) is 60.7 Å². The first-order valence-corrected chi connectivity index (χ1v) is 15.2. The summed E-state index contributed by atoms with van der Waals surface area (Å²) in [6.45, 7) is 2.48. The molecule has 204 valence electrons. The molecule has 1 fully saturated rings. The average molecular weight is 568 g/mol. The van der Waals surface area contributed by atoms with Crippen LogP contribution < -0.4 is 15.5 Å². The number of benzene rings is 2. The second-order valence-corrected chi connectivity index (χ2v) is 11.9. The van der Waals surface area contributed by atoms with Crippen LogP contribution in [0.4, 0.5) is 11.8 Å². The fraction of sp³-hybridized carbons (Fsp3) is 0.323. The Morgan fingerprint density at radius 1 is 0.900 bits per heavy atom. The molecule has 40 heavy (non-hydrogen) atoms. The van der Waals surface area contributed by atoms with Crippen molar-refractivity contribution in [2.75, 3.05) is 23.3 Å². The molecular weight excluding hydrogens is 535 g/mol. The lowest BCUT2D eigenvalue weighted by Gasteiger charge is -2.38. The van der Waals surface area contributed by atoms with Crippen LogP contribution in [-0.2, 0) is 18.4 Å². The van der Waals surface area contributed by atoms with Gasteiger partial charge in [0.05, 0.1) is 0 Å². The van der Waals surface area contributed by atoms with Gasteiger partial charge in [-0.25, -0.2) is 15.0 Å². The number of fused-ring (bicyclic) bond motifs is 1. The molecule has 2 N–H and O–H groups in total. The van der Waals surface area contributed by atoms with Gasteiger partial charge in [0, 0.05) is 43.5 Å². The maximum Gasteiger partial charge on any atom is 0.232 e. The van der Waals surface area contributed by atoms with Gasteiger partial charge >= 0.3 is 0 Å². The van der Waals surface area contributed by atoms with E-state index in [0.717, 1.165) is 49.7 Å². The lowest BCUT2D eigenvalue weighted by Crippen LogP contribution is -2.43. The van der Waals surface area contributed by atoms with Crippen molar-refractivity contribution in [1.29, 1.82) is 0 Å². The summed E-state index contributed by atoms with van der Waals surface area (Å²) in [5.41, 5.74) is 4.20. The highest BCUT2D eigenvalue weighted by molar-refractivity contribution is 7.99. The third kappa shape index (κ3) is 6.26. The molecule has 0 spiro atoms. The van der Waals surface area contributed by atoms with Crippen molar-refractivity contribution in [3.8, 4) is 0 Å². The van der Waals surface area contributed by atoms with Crippen LogP contribution in [0.1, 0.15) is 48.8 Å². The molecule has 2 aromatic heterocycles. The molecule has 3 heterocycles. The monoisotopic (exact) mass is 567 g/mol. The Labute approximate surface area is 245 Å². The van der Waals surface area contributed by atoms with Gasteiger partial charge in [0.1, 0.15) is 10.8 Å². The molecule has 1 saturated carbocycles. The van der Waals surface area contributed by atoms with Crippen molar-refractivity contribution >= 4 is 40.9 Å². The van der Waals surface area contributed by atoms with E-state index in [1.807, 2.05) is 12.1 Å². The quantitative estimate of drug-likeness (QED) is 0.155. The van der Waals surface area contributed by atoms with Gasteiger partial charge in [-0.15, -0.1) is 0 Å². The lowest BCUT2D eigenvalue weighted by molar-refractivity contribution is 0.292. The Hall–Kier alpha value is -3.56. The molecule has 0 saturated heterocycles. The number of nitrogens with one attached hydrogen (secondary N) is 2. The van der Waals surface area contributed by atoms with Crippen LogP contribution in [0.2, 0.25) is 0 Å². The molecule has 2 aromatic carbocycles. The van der Waals surface area contributed by atoms with Gasteiger partial charge in [-0.3, -0.25) is 0 Å². The Bertz CT molecular complexity index is 1440. The Morgan fingerprint density at radius 2 is 1.65 bits per heavy atom. The minimum absolute atomic E-state index is 0.0841. The smallest absolute Gasteiger partial charge is 0.232 e. The second kappa shape index (κ2) is 12.3.